The van der Waals surface area contributed by atoms with Gasteiger partial charge in [0, 0.05) is 19.5 Å². The highest BCUT2D eigenvalue weighted by Gasteiger charge is 2.23. The predicted molar refractivity (Wildman–Crippen MR) is 64.9 cm³/mol. The van der Waals surface area contributed by atoms with Gasteiger partial charge in [-0.15, -0.1) is 0 Å². The smallest absolute Gasteiger partial charge is 0.323 e. The number of carbonyl (C=O) groups is 3. The average Bonchev–Trinajstić information content (AvgIpc) is 2.31. The Morgan fingerprint density at radius 3 is 2.67 bits per heavy atom. The highest BCUT2D eigenvalue weighted by molar-refractivity contribution is 5.87. The van der Waals surface area contributed by atoms with Crippen molar-refractivity contribution in [2.45, 2.75) is 32.6 Å². The van der Waals surface area contributed by atoms with Crippen molar-refractivity contribution >= 4 is 17.8 Å². The third-order valence-electron chi connectivity index (χ3n) is 2.92. The Bertz CT molecular complexity index is 330. The number of amides is 2. The second-order valence-electron chi connectivity index (χ2n) is 4.48. The molecule has 1 rings (SSSR count). The van der Waals surface area contributed by atoms with Gasteiger partial charge in [0.15, 0.2) is 0 Å². The van der Waals surface area contributed by atoms with E-state index in [0.29, 0.717) is 25.9 Å². The van der Waals surface area contributed by atoms with E-state index in [9.17, 15) is 14.4 Å². The Balaban J connectivity index is 2.54. The number of likely N-dealkylation sites (tertiary alicyclic amines) is 1. The summed E-state index contributed by atoms with van der Waals surface area (Å²) < 4.78 is 0. The van der Waals surface area contributed by atoms with E-state index in [1.807, 2.05) is 6.92 Å². The predicted octanol–water partition coefficient (Wildman–Crippen LogP) is 0.322. The van der Waals surface area contributed by atoms with Crippen molar-refractivity contribution in [3.05, 3.63) is 0 Å². The number of nitrogens with zero attached hydrogens (tertiary/aromatic N) is 2. The van der Waals surface area contributed by atoms with Gasteiger partial charge in [0.25, 0.3) is 0 Å². The molecule has 102 valence electrons. The molecular weight excluding hydrogens is 236 g/mol. The minimum atomic E-state index is -1.03. The van der Waals surface area contributed by atoms with Crippen molar-refractivity contribution < 1.29 is 19.5 Å². The molecule has 18 heavy (non-hydrogen) atoms. The highest BCUT2D eigenvalue weighted by atomic mass is 16.4. The second-order valence-corrected chi connectivity index (χ2v) is 4.48. The Morgan fingerprint density at radius 1 is 1.39 bits per heavy atom. The Kier molecular flexibility index (Phi) is 5.61. The van der Waals surface area contributed by atoms with Crippen LogP contribution in [0.5, 0.6) is 0 Å². The largest absolute Gasteiger partial charge is 0.480 e. The number of rotatable bonds is 6. The fourth-order valence-electron chi connectivity index (χ4n) is 2.02. The summed E-state index contributed by atoms with van der Waals surface area (Å²) in [7, 11) is 0. The van der Waals surface area contributed by atoms with E-state index >= 15 is 0 Å². The molecule has 0 aromatic rings. The molecular formula is C12H20N2O4. The summed E-state index contributed by atoms with van der Waals surface area (Å²) in [6.07, 6.45) is 2.97. The van der Waals surface area contributed by atoms with Crippen LogP contribution in [-0.4, -0.2) is 58.9 Å². The van der Waals surface area contributed by atoms with Crippen molar-refractivity contribution in [2.24, 2.45) is 0 Å². The quantitative estimate of drug-likeness (QED) is 0.742. The molecule has 1 aliphatic rings. The summed E-state index contributed by atoms with van der Waals surface area (Å²) in [5.41, 5.74) is 0. The molecule has 0 atom stereocenters. The summed E-state index contributed by atoms with van der Waals surface area (Å²) in [4.78, 5) is 37.0. The highest BCUT2D eigenvalue weighted by Crippen LogP contribution is 2.10. The van der Waals surface area contributed by atoms with E-state index in [-0.39, 0.29) is 24.9 Å². The number of carboxylic acid groups (broad SMARTS) is 1. The van der Waals surface area contributed by atoms with Gasteiger partial charge in [-0.05, 0) is 19.3 Å². The van der Waals surface area contributed by atoms with Crippen molar-refractivity contribution in [3.63, 3.8) is 0 Å². The first kappa shape index (κ1) is 14.5. The molecule has 1 aliphatic heterocycles. The number of carboxylic acids is 1. The molecule has 2 amide bonds. The maximum Gasteiger partial charge on any atom is 0.323 e. The van der Waals surface area contributed by atoms with Gasteiger partial charge in [-0.1, -0.05) is 6.92 Å². The zero-order valence-corrected chi connectivity index (χ0v) is 10.7. The lowest BCUT2D eigenvalue weighted by atomic mass is 10.1. The van der Waals surface area contributed by atoms with Gasteiger partial charge in [-0.2, -0.15) is 0 Å². The SMILES string of the molecule is CCCN(CC(=O)O)C(=O)CN1CCCCC1=O. The Hall–Kier alpha value is -1.59. The number of piperidine rings is 1. The van der Waals surface area contributed by atoms with E-state index < -0.39 is 5.97 Å². The van der Waals surface area contributed by atoms with Crippen LogP contribution in [0.4, 0.5) is 0 Å². The van der Waals surface area contributed by atoms with E-state index in [4.69, 9.17) is 5.11 Å². The van der Waals surface area contributed by atoms with Crippen molar-refractivity contribution in [1.82, 2.24) is 9.80 Å². The van der Waals surface area contributed by atoms with Crippen LogP contribution in [0, 0.1) is 0 Å². The van der Waals surface area contributed by atoms with Gasteiger partial charge in [0.2, 0.25) is 11.8 Å². The Morgan fingerprint density at radius 2 is 2.11 bits per heavy atom. The lowest BCUT2D eigenvalue weighted by Crippen LogP contribution is -2.46. The van der Waals surface area contributed by atoms with Gasteiger partial charge in [-0.25, -0.2) is 0 Å². The Labute approximate surface area is 107 Å². The molecule has 6 nitrogen and oxygen atoms in total. The topological polar surface area (TPSA) is 77.9 Å². The first-order valence-corrected chi connectivity index (χ1v) is 6.32. The summed E-state index contributed by atoms with van der Waals surface area (Å²) in [6.45, 7) is 2.60. The lowest BCUT2D eigenvalue weighted by Gasteiger charge is -2.29. The minimum absolute atomic E-state index is 0.00606. The van der Waals surface area contributed by atoms with Crippen LogP contribution in [0.2, 0.25) is 0 Å². The normalized spacial score (nSPS) is 15.6. The van der Waals surface area contributed by atoms with Crippen molar-refractivity contribution in [3.8, 4) is 0 Å². The van der Waals surface area contributed by atoms with Gasteiger partial charge in [-0.3, -0.25) is 14.4 Å². The maximum atomic E-state index is 12.0. The molecule has 0 saturated carbocycles. The summed E-state index contributed by atoms with van der Waals surface area (Å²) in [5.74, 6) is -1.32. The van der Waals surface area contributed by atoms with Crippen LogP contribution in [-0.2, 0) is 14.4 Å². The zero-order valence-electron chi connectivity index (χ0n) is 10.7. The molecule has 1 heterocycles. The molecule has 0 aromatic heterocycles. The average molecular weight is 256 g/mol. The fraction of sp³-hybridized carbons (Fsp3) is 0.750. The molecule has 0 unspecified atom stereocenters. The molecule has 0 aromatic carbocycles. The molecule has 1 N–H and O–H groups in total. The monoisotopic (exact) mass is 256 g/mol. The number of carbonyl (C=O) groups excluding carboxylic acids is 2. The standard InChI is InChI=1S/C12H20N2O4/c1-2-6-13(9-12(17)18)11(16)8-14-7-4-3-5-10(14)15/h2-9H2,1H3,(H,17,18). The molecule has 1 saturated heterocycles. The third kappa shape index (κ3) is 4.35. The summed E-state index contributed by atoms with van der Waals surface area (Å²) in [5, 5.41) is 8.74. The van der Waals surface area contributed by atoms with Gasteiger partial charge in [0.1, 0.15) is 6.54 Å². The molecule has 0 bridgehead atoms. The fourth-order valence-corrected chi connectivity index (χ4v) is 2.02. The minimum Gasteiger partial charge on any atom is -0.480 e. The van der Waals surface area contributed by atoms with Crippen LogP contribution >= 0.6 is 0 Å². The number of hydrogen-bond acceptors (Lipinski definition) is 3. The van der Waals surface area contributed by atoms with Gasteiger partial charge < -0.3 is 14.9 Å². The molecule has 0 radical (unpaired) electrons. The van der Waals surface area contributed by atoms with Crippen LogP contribution in [0.3, 0.4) is 0 Å². The van der Waals surface area contributed by atoms with Crippen LogP contribution in [0.1, 0.15) is 32.6 Å². The lowest BCUT2D eigenvalue weighted by molar-refractivity contribution is -0.147. The molecule has 6 heteroatoms. The van der Waals surface area contributed by atoms with Crippen LogP contribution in [0.15, 0.2) is 0 Å². The van der Waals surface area contributed by atoms with Gasteiger partial charge >= 0.3 is 5.97 Å². The van der Waals surface area contributed by atoms with Crippen molar-refractivity contribution in [1.29, 1.82) is 0 Å². The zero-order chi connectivity index (χ0) is 13.5. The molecule has 1 fully saturated rings. The van der Waals surface area contributed by atoms with Crippen molar-refractivity contribution in [2.75, 3.05) is 26.2 Å². The third-order valence-corrected chi connectivity index (χ3v) is 2.92. The molecule has 0 aliphatic carbocycles. The van der Waals surface area contributed by atoms with Gasteiger partial charge in [0.05, 0.1) is 6.54 Å². The van der Waals surface area contributed by atoms with Crippen LogP contribution < -0.4 is 0 Å². The summed E-state index contributed by atoms with van der Waals surface area (Å²) >= 11 is 0. The van der Waals surface area contributed by atoms with E-state index in [1.54, 1.807) is 0 Å². The van der Waals surface area contributed by atoms with E-state index in [1.165, 1.54) is 9.80 Å². The first-order chi connectivity index (χ1) is 8.54. The van der Waals surface area contributed by atoms with Crippen LogP contribution in [0.25, 0.3) is 0 Å². The van der Waals surface area contributed by atoms with E-state index in [2.05, 4.69) is 0 Å². The second kappa shape index (κ2) is 6.98. The number of aliphatic carboxylic acids is 1. The molecule has 0 spiro atoms. The summed E-state index contributed by atoms with van der Waals surface area (Å²) in [6, 6.07) is 0. The van der Waals surface area contributed by atoms with E-state index in [0.717, 1.165) is 12.8 Å². The first-order valence-electron chi connectivity index (χ1n) is 6.32. The maximum absolute atomic E-state index is 12.0. The number of hydrogen-bond donors (Lipinski definition) is 1.